The summed E-state index contributed by atoms with van der Waals surface area (Å²) in [6.07, 6.45) is -1.89. The van der Waals surface area contributed by atoms with Crippen LogP contribution in [0.25, 0.3) is 22.5 Å². The second kappa shape index (κ2) is 10.4. The maximum Gasteiger partial charge on any atom is 0.433 e. The molecule has 6 rings (SSSR count). The molecule has 1 amide bonds. The number of aromatic nitrogens is 4. The number of aryl methyl sites for hydroxylation is 1. The molecule has 0 aliphatic carbocycles. The Balaban J connectivity index is 1.33. The number of carbonyl (C=O) groups is 1. The molecule has 1 fully saturated rings. The Morgan fingerprint density at radius 3 is 2.37 bits per heavy atom. The molecule has 2 aromatic carbocycles. The lowest BCUT2D eigenvalue weighted by Crippen LogP contribution is -2.38. The molecular weight excluding hydrogens is 529 g/mol. The van der Waals surface area contributed by atoms with Gasteiger partial charge < -0.3 is 4.57 Å². The number of alkyl halides is 3. The molecule has 212 valence electrons. The molecule has 0 spiro atoms. The fourth-order valence-corrected chi connectivity index (χ4v) is 6.24. The van der Waals surface area contributed by atoms with E-state index in [9.17, 15) is 18.0 Å². The van der Waals surface area contributed by atoms with Crippen molar-refractivity contribution in [3.63, 3.8) is 0 Å². The van der Waals surface area contributed by atoms with Gasteiger partial charge in [-0.05, 0) is 58.7 Å². The van der Waals surface area contributed by atoms with Crippen molar-refractivity contribution in [2.45, 2.75) is 39.5 Å². The number of fused-ring (bicyclic) bond motifs is 1. The summed E-state index contributed by atoms with van der Waals surface area (Å²) in [6, 6.07) is 16.1. The van der Waals surface area contributed by atoms with Crippen molar-refractivity contribution in [1.82, 2.24) is 24.6 Å². The van der Waals surface area contributed by atoms with Crippen LogP contribution in [0.15, 0.2) is 60.9 Å². The van der Waals surface area contributed by atoms with Crippen LogP contribution in [0.3, 0.4) is 0 Å². The summed E-state index contributed by atoms with van der Waals surface area (Å²) in [6.45, 7) is 6.53. The van der Waals surface area contributed by atoms with E-state index in [1.54, 1.807) is 18.5 Å². The maximum atomic E-state index is 13.9. The molecule has 0 N–H and O–H groups in total. The Bertz CT molecular complexity index is 1600. The minimum absolute atomic E-state index is 0.0233. The number of carbonyl (C=O) groups excluding carboxylic acids is 1. The number of rotatable bonds is 5. The number of pyridine rings is 1. The zero-order chi connectivity index (χ0) is 28.9. The van der Waals surface area contributed by atoms with Crippen LogP contribution in [-0.4, -0.2) is 43.6 Å². The predicted molar refractivity (Wildman–Crippen MR) is 150 cm³/mol. The number of halogens is 3. The zero-order valence-electron chi connectivity index (χ0n) is 23.2. The van der Waals surface area contributed by atoms with Crippen LogP contribution in [0, 0.1) is 11.8 Å². The number of hydrogen-bond donors (Lipinski definition) is 0. The van der Waals surface area contributed by atoms with E-state index >= 15 is 0 Å². The van der Waals surface area contributed by atoms with Gasteiger partial charge in [-0.25, -0.2) is 4.98 Å². The van der Waals surface area contributed by atoms with E-state index in [0.717, 1.165) is 47.8 Å². The molecule has 2 aromatic heterocycles. The Kier molecular flexibility index (Phi) is 6.89. The number of likely N-dealkylation sites (tertiary alicyclic amines) is 1. The molecule has 41 heavy (non-hydrogen) atoms. The first-order chi connectivity index (χ1) is 19.6. The smallest absolute Gasteiger partial charge is 0.317 e. The average molecular weight is 561 g/mol. The van der Waals surface area contributed by atoms with Gasteiger partial charge in [-0.1, -0.05) is 50.2 Å². The highest BCUT2D eigenvalue weighted by Crippen LogP contribution is 2.37. The van der Waals surface area contributed by atoms with Crippen molar-refractivity contribution in [3.05, 3.63) is 83.3 Å². The first-order valence-corrected chi connectivity index (χ1v) is 13.8. The van der Waals surface area contributed by atoms with Gasteiger partial charge in [0.1, 0.15) is 17.8 Å². The van der Waals surface area contributed by atoms with Crippen molar-refractivity contribution in [3.8, 4) is 22.5 Å². The molecule has 4 heterocycles. The van der Waals surface area contributed by atoms with Crippen LogP contribution >= 0.6 is 0 Å². The molecular formula is C31H31F3N6O. The van der Waals surface area contributed by atoms with Gasteiger partial charge in [0, 0.05) is 37.8 Å². The van der Waals surface area contributed by atoms with Crippen LogP contribution in [0.4, 0.5) is 19.0 Å². The van der Waals surface area contributed by atoms with E-state index < -0.39 is 11.9 Å². The van der Waals surface area contributed by atoms with Gasteiger partial charge in [0.25, 0.3) is 5.91 Å². The topological polar surface area (TPSA) is 67.2 Å². The summed E-state index contributed by atoms with van der Waals surface area (Å²) >= 11 is 0. The zero-order valence-corrected chi connectivity index (χ0v) is 23.2. The summed E-state index contributed by atoms with van der Waals surface area (Å²) in [5.74, 6) is 1.30. The van der Waals surface area contributed by atoms with E-state index in [1.807, 2.05) is 48.0 Å². The molecule has 10 heteroatoms. The highest BCUT2D eigenvalue weighted by atomic mass is 19.4. The quantitative estimate of drug-likeness (QED) is 0.291. The minimum atomic E-state index is -4.63. The minimum Gasteiger partial charge on any atom is -0.317 e. The monoisotopic (exact) mass is 560 g/mol. The maximum absolute atomic E-state index is 13.9. The summed E-state index contributed by atoms with van der Waals surface area (Å²) in [5, 5.41) is 8.22. The first kappa shape index (κ1) is 27.1. The SMILES string of the molecule is C[C@@H]1C[C@H](C)CN(Cc2cc(N3Cc4ccc(-c5ccccc5-c5nncn5C)cc4C3=O)nc(C(F)(F)F)c2)C1. The van der Waals surface area contributed by atoms with E-state index in [0.29, 0.717) is 35.3 Å². The third-order valence-corrected chi connectivity index (χ3v) is 7.89. The molecule has 0 radical (unpaired) electrons. The number of hydrogen-bond acceptors (Lipinski definition) is 5. The highest BCUT2D eigenvalue weighted by Gasteiger charge is 2.36. The summed E-state index contributed by atoms with van der Waals surface area (Å²) in [7, 11) is 1.86. The lowest BCUT2D eigenvalue weighted by atomic mass is 9.91. The fourth-order valence-electron chi connectivity index (χ4n) is 6.24. The van der Waals surface area contributed by atoms with Crippen molar-refractivity contribution < 1.29 is 18.0 Å². The van der Waals surface area contributed by atoms with Crippen LogP contribution in [0.1, 0.15) is 47.4 Å². The number of amides is 1. The van der Waals surface area contributed by atoms with Gasteiger partial charge >= 0.3 is 6.18 Å². The van der Waals surface area contributed by atoms with E-state index in [4.69, 9.17) is 0 Å². The first-order valence-electron chi connectivity index (χ1n) is 13.8. The van der Waals surface area contributed by atoms with Crippen LogP contribution in [0.2, 0.25) is 0 Å². The molecule has 4 aromatic rings. The molecule has 2 atom stereocenters. The average Bonchev–Trinajstić information content (AvgIpc) is 3.50. The number of anilines is 1. The Hall–Kier alpha value is -4.05. The molecule has 2 aliphatic rings. The predicted octanol–water partition coefficient (Wildman–Crippen LogP) is 6.20. The van der Waals surface area contributed by atoms with Crippen LogP contribution < -0.4 is 4.90 Å². The third-order valence-electron chi connectivity index (χ3n) is 7.89. The number of nitrogens with zero attached hydrogens (tertiary/aromatic N) is 6. The molecule has 7 nitrogen and oxygen atoms in total. The summed E-state index contributed by atoms with van der Waals surface area (Å²) in [5.41, 5.74) is 3.27. The third kappa shape index (κ3) is 5.36. The van der Waals surface area contributed by atoms with Gasteiger partial charge in [-0.2, -0.15) is 13.2 Å². The van der Waals surface area contributed by atoms with Crippen molar-refractivity contribution >= 4 is 11.7 Å². The summed E-state index contributed by atoms with van der Waals surface area (Å²) in [4.78, 5) is 21.1. The lowest BCUT2D eigenvalue weighted by Gasteiger charge is -2.35. The van der Waals surface area contributed by atoms with Gasteiger partial charge in [0.15, 0.2) is 5.82 Å². The standard InChI is InChI=1S/C31H31F3N6O/c1-19-10-20(2)15-39(14-19)16-21-11-27(31(32,33)34)36-28(12-21)40-17-23-9-8-22(13-26(23)30(40)41)24-6-4-5-7-25(24)29-37-35-18-38(29)3/h4-9,11-13,18-20H,10,14-17H2,1-3H3/t19-,20+. The Morgan fingerprint density at radius 1 is 0.951 bits per heavy atom. The van der Waals surface area contributed by atoms with Gasteiger partial charge in [0.05, 0.1) is 6.54 Å². The van der Waals surface area contributed by atoms with E-state index in [2.05, 4.69) is 33.9 Å². The van der Waals surface area contributed by atoms with Gasteiger partial charge in [-0.3, -0.25) is 14.6 Å². The molecule has 2 aliphatic heterocycles. The fraction of sp³-hybridized carbons (Fsp3) is 0.355. The summed E-state index contributed by atoms with van der Waals surface area (Å²) < 4.78 is 43.6. The number of piperidine rings is 1. The number of benzene rings is 2. The van der Waals surface area contributed by atoms with Crippen molar-refractivity contribution in [2.24, 2.45) is 18.9 Å². The highest BCUT2D eigenvalue weighted by molar-refractivity contribution is 6.10. The van der Waals surface area contributed by atoms with E-state index in [-0.39, 0.29) is 18.3 Å². The molecule has 1 saturated heterocycles. The van der Waals surface area contributed by atoms with Crippen molar-refractivity contribution in [2.75, 3.05) is 18.0 Å². The Morgan fingerprint density at radius 2 is 1.68 bits per heavy atom. The lowest BCUT2D eigenvalue weighted by molar-refractivity contribution is -0.141. The second-order valence-corrected chi connectivity index (χ2v) is 11.4. The molecule has 0 bridgehead atoms. The van der Waals surface area contributed by atoms with Crippen LogP contribution in [-0.2, 0) is 26.3 Å². The molecule has 0 unspecified atom stereocenters. The van der Waals surface area contributed by atoms with Crippen molar-refractivity contribution in [1.29, 1.82) is 0 Å². The van der Waals surface area contributed by atoms with E-state index in [1.165, 1.54) is 4.90 Å². The molecule has 0 saturated carbocycles. The van der Waals surface area contributed by atoms with Gasteiger partial charge in [0.2, 0.25) is 0 Å². The largest absolute Gasteiger partial charge is 0.433 e. The normalized spacial score (nSPS) is 19.6. The van der Waals surface area contributed by atoms with Gasteiger partial charge in [-0.15, -0.1) is 10.2 Å². The van der Waals surface area contributed by atoms with Crippen LogP contribution in [0.5, 0.6) is 0 Å². The Labute approximate surface area is 236 Å². The second-order valence-electron chi connectivity index (χ2n) is 11.4.